The molecule has 8 heteroatoms. The van der Waals surface area contributed by atoms with Crippen LogP contribution in [0.15, 0.2) is 36.6 Å². The number of esters is 1. The molecular formula is C17H25NO6S. The highest BCUT2D eigenvalue weighted by Gasteiger charge is 2.59. The van der Waals surface area contributed by atoms with E-state index in [2.05, 4.69) is 0 Å². The SMILES string of the molecule is CC=COC(=O)C1(S(=O)(=O)C(C)(C)C)C=CC=CC1C[C@H](N)C(=O)O. The van der Waals surface area contributed by atoms with Gasteiger partial charge in [-0.2, -0.15) is 0 Å². The average molecular weight is 371 g/mol. The topological polar surface area (TPSA) is 124 Å². The summed E-state index contributed by atoms with van der Waals surface area (Å²) < 4.78 is 28.3. The first-order valence-corrected chi connectivity index (χ1v) is 9.31. The maximum Gasteiger partial charge on any atom is 0.336 e. The lowest BCUT2D eigenvalue weighted by Gasteiger charge is -2.40. The van der Waals surface area contributed by atoms with Gasteiger partial charge in [0.25, 0.3) is 0 Å². The zero-order valence-corrected chi connectivity index (χ0v) is 15.6. The van der Waals surface area contributed by atoms with Crippen molar-refractivity contribution in [3.05, 3.63) is 36.6 Å². The monoisotopic (exact) mass is 371 g/mol. The number of hydrogen-bond acceptors (Lipinski definition) is 6. The van der Waals surface area contributed by atoms with Crippen LogP contribution in [-0.4, -0.2) is 41.0 Å². The van der Waals surface area contributed by atoms with Crippen LogP contribution in [0.3, 0.4) is 0 Å². The first-order chi connectivity index (χ1) is 11.4. The van der Waals surface area contributed by atoms with Gasteiger partial charge in [-0.05, 0) is 34.1 Å². The number of sulfone groups is 1. The van der Waals surface area contributed by atoms with E-state index in [-0.39, 0.29) is 6.42 Å². The van der Waals surface area contributed by atoms with Crippen LogP contribution in [0.4, 0.5) is 0 Å². The molecule has 1 aliphatic carbocycles. The Morgan fingerprint density at radius 2 is 1.96 bits per heavy atom. The summed E-state index contributed by atoms with van der Waals surface area (Å²) in [5, 5.41) is 9.08. The van der Waals surface area contributed by atoms with Crippen molar-refractivity contribution in [2.24, 2.45) is 11.7 Å². The molecule has 0 aromatic carbocycles. The normalized spacial score (nSPS) is 25.1. The first-order valence-electron chi connectivity index (χ1n) is 7.82. The highest BCUT2D eigenvalue weighted by Crippen LogP contribution is 2.42. The zero-order chi connectivity index (χ0) is 19.5. The van der Waals surface area contributed by atoms with Crippen molar-refractivity contribution in [1.29, 1.82) is 0 Å². The Labute approximate surface area is 148 Å². The van der Waals surface area contributed by atoms with Crippen LogP contribution in [0.25, 0.3) is 0 Å². The molecule has 140 valence electrons. The standard InChI is InChI=1S/C17H25NO6S/c1-5-10-24-15(21)17(25(22,23)16(2,3)4)9-7-6-8-12(17)11-13(18)14(19)20/h5-10,12-13H,11,18H2,1-4H3,(H,19,20)/t12?,13-,17?/m0/s1. The molecule has 25 heavy (non-hydrogen) atoms. The fourth-order valence-corrected chi connectivity index (χ4v) is 4.75. The fraction of sp³-hybridized carbons (Fsp3) is 0.529. The van der Waals surface area contributed by atoms with Crippen LogP contribution in [0.5, 0.6) is 0 Å². The third-order valence-electron chi connectivity index (χ3n) is 4.06. The van der Waals surface area contributed by atoms with E-state index in [1.165, 1.54) is 45.1 Å². The van der Waals surface area contributed by atoms with Gasteiger partial charge in [0.2, 0.25) is 0 Å². The van der Waals surface area contributed by atoms with Crippen LogP contribution in [-0.2, 0) is 24.2 Å². The molecule has 2 unspecified atom stereocenters. The summed E-state index contributed by atoms with van der Waals surface area (Å²) in [7, 11) is -4.11. The maximum atomic E-state index is 13.3. The largest absolute Gasteiger partial charge is 0.480 e. The van der Waals surface area contributed by atoms with Gasteiger partial charge in [0.05, 0.1) is 11.0 Å². The van der Waals surface area contributed by atoms with Gasteiger partial charge < -0.3 is 15.6 Å². The second kappa shape index (κ2) is 7.53. The third-order valence-corrected chi connectivity index (χ3v) is 7.16. The summed E-state index contributed by atoms with van der Waals surface area (Å²) in [6.45, 7) is 6.06. The Morgan fingerprint density at radius 3 is 2.44 bits per heavy atom. The van der Waals surface area contributed by atoms with Crippen molar-refractivity contribution < 1.29 is 27.9 Å². The number of carbonyl (C=O) groups excluding carboxylic acids is 1. The van der Waals surface area contributed by atoms with Gasteiger partial charge >= 0.3 is 11.9 Å². The van der Waals surface area contributed by atoms with Gasteiger partial charge in [0.15, 0.2) is 14.6 Å². The van der Waals surface area contributed by atoms with E-state index in [1.54, 1.807) is 13.0 Å². The Bertz CT molecular complexity index is 714. The Hall–Kier alpha value is -1.93. The van der Waals surface area contributed by atoms with Crippen molar-refractivity contribution in [1.82, 2.24) is 0 Å². The van der Waals surface area contributed by atoms with Crippen LogP contribution in [0, 0.1) is 5.92 Å². The molecule has 7 nitrogen and oxygen atoms in total. The molecule has 0 saturated heterocycles. The van der Waals surface area contributed by atoms with Crippen LogP contribution in [0.2, 0.25) is 0 Å². The lowest BCUT2D eigenvalue weighted by molar-refractivity contribution is -0.142. The molecule has 0 bridgehead atoms. The van der Waals surface area contributed by atoms with Crippen molar-refractivity contribution in [2.75, 3.05) is 0 Å². The summed E-state index contributed by atoms with van der Waals surface area (Å²) in [6, 6.07) is -1.31. The van der Waals surface area contributed by atoms with Crippen molar-refractivity contribution >= 4 is 21.8 Å². The van der Waals surface area contributed by atoms with Crippen molar-refractivity contribution in [2.45, 2.75) is 49.7 Å². The fourth-order valence-electron chi connectivity index (χ4n) is 2.64. The molecule has 0 amide bonds. The Kier molecular flexibility index (Phi) is 6.36. The van der Waals surface area contributed by atoms with E-state index in [9.17, 15) is 18.0 Å². The molecule has 0 aliphatic heterocycles. The number of rotatable bonds is 6. The number of allylic oxidation sites excluding steroid dienone is 4. The third kappa shape index (κ3) is 3.85. The van der Waals surface area contributed by atoms with Gasteiger partial charge in [-0.25, -0.2) is 13.2 Å². The van der Waals surface area contributed by atoms with Gasteiger partial charge in [-0.3, -0.25) is 4.79 Å². The average Bonchev–Trinajstić information content (AvgIpc) is 2.51. The molecule has 0 fully saturated rings. The minimum Gasteiger partial charge on any atom is -0.480 e. The van der Waals surface area contributed by atoms with Crippen LogP contribution < -0.4 is 5.73 Å². The first kappa shape index (κ1) is 21.1. The number of ether oxygens (including phenoxy) is 1. The lowest BCUT2D eigenvalue weighted by atomic mass is 9.83. The number of hydrogen-bond donors (Lipinski definition) is 2. The molecule has 0 radical (unpaired) electrons. The second-order valence-corrected chi connectivity index (χ2v) is 9.72. The second-order valence-electron chi connectivity index (χ2n) is 6.81. The van der Waals surface area contributed by atoms with E-state index in [0.29, 0.717) is 0 Å². The van der Waals surface area contributed by atoms with Gasteiger partial charge in [-0.1, -0.05) is 30.4 Å². The number of carbonyl (C=O) groups is 2. The van der Waals surface area contributed by atoms with Gasteiger partial charge in [-0.15, -0.1) is 0 Å². The summed E-state index contributed by atoms with van der Waals surface area (Å²) in [6.07, 6.45) is 8.10. The highest BCUT2D eigenvalue weighted by atomic mass is 32.2. The zero-order valence-electron chi connectivity index (χ0n) is 14.8. The Morgan fingerprint density at radius 1 is 1.36 bits per heavy atom. The summed E-state index contributed by atoms with van der Waals surface area (Å²) >= 11 is 0. The predicted molar refractivity (Wildman–Crippen MR) is 94.3 cm³/mol. The molecule has 0 aromatic heterocycles. The minimum absolute atomic E-state index is 0.226. The van der Waals surface area contributed by atoms with E-state index in [1.807, 2.05) is 0 Å². The summed E-state index contributed by atoms with van der Waals surface area (Å²) in [5.74, 6) is -3.22. The molecular weight excluding hydrogens is 346 g/mol. The molecule has 1 rings (SSSR count). The summed E-state index contributed by atoms with van der Waals surface area (Å²) in [4.78, 5) is 23.9. The molecule has 0 aromatic rings. The van der Waals surface area contributed by atoms with Crippen molar-refractivity contribution in [3.8, 4) is 0 Å². The smallest absolute Gasteiger partial charge is 0.336 e. The van der Waals surface area contributed by atoms with E-state index < -0.39 is 43.2 Å². The van der Waals surface area contributed by atoms with Crippen LogP contribution >= 0.6 is 0 Å². The highest BCUT2D eigenvalue weighted by molar-refractivity contribution is 7.95. The molecule has 0 saturated carbocycles. The van der Waals surface area contributed by atoms with Gasteiger partial charge in [0.1, 0.15) is 6.04 Å². The van der Waals surface area contributed by atoms with Crippen LogP contribution in [0.1, 0.15) is 34.1 Å². The van der Waals surface area contributed by atoms with E-state index in [0.717, 1.165) is 6.26 Å². The number of carboxylic acids is 1. The number of nitrogens with two attached hydrogens (primary N) is 1. The van der Waals surface area contributed by atoms with E-state index in [4.69, 9.17) is 15.6 Å². The quantitative estimate of drug-likeness (QED) is 0.536. The Balaban J connectivity index is 3.58. The van der Waals surface area contributed by atoms with Gasteiger partial charge in [0, 0.05) is 5.92 Å². The predicted octanol–water partition coefficient (Wildman–Crippen LogP) is 1.56. The lowest BCUT2D eigenvalue weighted by Crippen LogP contribution is -2.58. The minimum atomic E-state index is -4.11. The van der Waals surface area contributed by atoms with Crippen molar-refractivity contribution in [3.63, 3.8) is 0 Å². The summed E-state index contributed by atoms with van der Waals surface area (Å²) in [5.41, 5.74) is 5.60. The molecule has 1 aliphatic rings. The molecule has 0 spiro atoms. The molecule has 0 heterocycles. The number of carboxylic acid groups (broad SMARTS) is 1. The van der Waals surface area contributed by atoms with E-state index >= 15 is 0 Å². The maximum absolute atomic E-state index is 13.3. The number of aliphatic carboxylic acids is 1. The molecule has 3 N–H and O–H groups in total. The molecule has 3 atom stereocenters.